The Kier molecular flexibility index (Phi) is 5.57. The Balaban J connectivity index is 1.39. The first-order valence-corrected chi connectivity index (χ1v) is 10.6. The Bertz CT molecular complexity index is 1030. The third-order valence-electron chi connectivity index (χ3n) is 5.75. The van der Waals surface area contributed by atoms with E-state index in [1.165, 1.54) is 12.1 Å². The molecule has 0 aliphatic carbocycles. The van der Waals surface area contributed by atoms with Gasteiger partial charge in [-0.25, -0.2) is 9.18 Å². The van der Waals surface area contributed by atoms with Crippen LogP contribution in [0.15, 0.2) is 30.5 Å². The molecule has 1 amide bonds. The molecule has 0 spiro atoms. The van der Waals surface area contributed by atoms with E-state index in [0.717, 1.165) is 30.6 Å². The van der Waals surface area contributed by atoms with E-state index >= 15 is 0 Å². The molecular weight excluding hydrogens is 397 g/mol. The highest BCUT2D eigenvalue weighted by Gasteiger charge is 2.35. The second-order valence-corrected chi connectivity index (χ2v) is 9.15. The number of rotatable bonds is 2. The predicted octanol–water partition coefficient (Wildman–Crippen LogP) is 4.71. The zero-order chi connectivity index (χ0) is 22.2. The molecule has 31 heavy (non-hydrogen) atoms. The minimum atomic E-state index is -0.548. The lowest BCUT2D eigenvalue weighted by molar-refractivity contribution is 0.0123. The molecular formula is C24H26FN3O3. The van der Waals surface area contributed by atoms with Crippen molar-refractivity contribution in [1.82, 2.24) is 9.88 Å². The van der Waals surface area contributed by atoms with E-state index in [2.05, 4.69) is 4.98 Å². The van der Waals surface area contributed by atoms with E-state index in [1.807, 2.05) is 32.9 Å². The van der Waals surface area contributed by atoms with Crippen molar-refractivity contribution in [2.24, 2.45) is 5.92 Å². The number of hydrogen-bond donors (Lipinski definition) is 0. The van der Waals surface area contributed by atoms with Crippen LogP contribution in [-0.4, -0.2) is 40.8 Å². The smallest absolute Gasteiger partial charge is 0.410 e. The molecule has 162 valence electrons. The van der Waals surface area contributed by atoms with Crippen LogP contribution in [0.1, 0.15) is 44.7 Å². The predicted molar refractivity (Wildman–Crippen MR) is 113 cm³/mol. The first kappa shape index (κ1) is 21.1. The maximum Gasteiger partial charge on any atom is 0.410 e. The number of pyridine rings is 1. The van der Waals surface area contributed by atoms with Crippen molar-refractivity contribution in [3.63, 3.8) is 0 Å². The van der Waals surface area contributed by atoms with Crippen LogP contribution in [0.5, 0.6) is 5.75 Å². The number of nitrogens with zero attached hydrogens (tertiary/aromatic N) is 3. The number of nitriles is 1. The molecule has 0 saturated carbocycles. The zero-order valence-electron chi connectivity index (χ0n) is 18.0. The molecule has 2 aliphatic rings. The van der Waals surface area contributed by atoms with E-state index in [9.17, 15) is 9.18 Å². The summed E-state index contributed by atoms with van der Waals surface area (Å²) in [6.07, 6.45) is 3.96. The molecule has 2 aliphatic heterocycles. The molecule has 7 heteroatoms. The third-order valence-corrected chi connectivity index (χ3v) is 5.75. The summed E-state index contributed by atoms with van der Waals surface area (Å²) in [6, 6.07) is 8.28. The van der Waals surface area contributed by atoms with Gasteiger partial charge in [0.25, 0.3) is 0 Å². The van der Waals surface area contributed by atoms with Gasteiger partial charge in [-0.2, -0.15) is 5.26 Å². The van der Waals surface area contributed by atoms with E-state index in [4.69, 9.17) is 14.7 Å². The fraction of sp³-hybridized carbons (Fsp3) is 0.458. The lowest BCUT2D eigenvalue weighted by Gasteiger charge is -2.35. The van der Waals surface area contributed by atoms with Crippen molar-refractivity contribution < 1.29 is 18.7 Å². The van der Waals surface area contributed by atoms with Crippen LogP contribution in [0.3, 0.4) is 0 Å². The van der Waals surface area contributed by atoms with Crippen molar-refractivity contribution in [1.29, 1.82) is 5.26 Å². The van der Waals surface area contributed by atoms with Gasteiger partial charge in [-0.05, 0) is 57.7 Å². The fourth-order valence-electron chi connectivity index (χ4n) is 4.14. The number of benzene rings is 1. The number of fused-ring (bicyclic) bond motifs is 1. The average molecular weight is 423 g/mol. The summed E-state index contributed by atoms with van der Waals surface area (Å²) in [7, 11) is 0. The summed E-state index contributed by atoms with van der Waals surface area (Å²) in [6.45, 7) is 6.93. The molecule has 6 nitrogen and oxygen atoms in total. The van der Waals surface area contributed by atoms with Crippen LogP contribution >= 0.6 is 0 Å². The summed E-state index contributed by atoms with van der Waals surface area (Å²) < 4.78 is 25.6. The highest BCUT2D eigenvalue weighted by Crippen LogP contribution is 2.36. The lowest BCUT2D eigenvalue weighted by Crippen LogP contribution is -2.44. The van der Waals surface area contributed by atoms with Gasteiger partial charge < -0.3 is 14.4 Å². The number of aromatic nitrogens is 1. The normalized spacial score (nSPS) is 18.8. The van der Waals surface area contributed by atoms with Gasteiger partial charge in [0.15, 0.2) is 0 Å². The summed E-state index contributed by atoms with van der Waals surface area (Å²) in [5, 5.41) is 8.91. The molecule has 1 saturated heterocycles. The van der Waals surface area contributed by atoms with Gasteiger partial charge in [-0.15, -0.1) is 0 Å². The maximum atomic E-state index is 14.0. The van der Waals surface area contributed by atoms with Gasteiger partial charge in [0.05, 0.1) is 17.5 Å². The Morgan fingerprint density at radius 3 is 2.68 bits per heavy atom. The fourth-order valence-corrected chi connectivity index (χ4v) is 4.14. The standard InChI is InChI=1S/C24H26FN3O3/c1-24(2,3)31-23(29)28-8-6-15(7-9-28)21-12-18-11-20(27-14-22(18)30-21)16-4-5-17(13-26)19(25)10-16/h4-5,10-11,14-15,21H,6-9,12H2,1-3H3. The highest BCUT2D eigenvalue weighted by atomic mass is 19.1. The van der Waals surface area contributed by atoms with Gasteiger partial charge in [-0.1, -0.05) is 6.07 Å². The highest BCUT2D eigenvalue weighted by molar-refractivity contribution is 5.68. The maximum absolute atomic E-state index is 14.0. The van der Waals surface area contributed by atoms with Crippen LogP contribution in [0.4, 0.5) is 9.18 Å². The molecule has 0 bridgehead atoms. The van der Waals surface area contributed by atoms with Crippen LogP contribution < -0.4 is 4.74 Å². The summed E-state index contributed by atoms with van der Waals surface area (Å²) in [5.41, 5.74) is 1.87. The molecule has 1 aromatic carbocycles. The molecule has 3 heterocycles. The number of likely N-dealkylation sites (tertiary alicyclic amines) is 1. The van der Waals surface area contributed by atoms with Gasteiger partial charge in [0.1, 0.15) is 29.3 Å². The van der Waals surface area contributed by atoms with Crippen LogP contribution in [0.2, 0.25) is 0 Å². The van der Waals surface area contributed by atoms with E-state index in [1.54, 1.807) is 17.2 Å². The van der Waals surface area contributed by atoms with Crippen molar-refractivity contribution in [2.75, 3.05) is 13.1 Å². The quantitative estimate of drug-likeness (QED) is 0.699. The van der Waals surface area contributed by atoms with Crippen LogP contribution in [0, 0.1) is 23.1 Å². The first-order chi connectivity index (χ1) is 14.7. The molecule has 2 aromatic rings. The first-order valence-electron chi connectivity index (χ1n) is 10.6. The summed E-state index contributed by atoms with van der Waals surface area (Å²) >= 11 is 0. The minimum Gasteiger partial charge on any atom is -0.488 e. The van der Waals surface area contributed by atoms with E-state index in [-0.39, 0.29) is 17.8 Å². The monoisotopic (exact) mass is 423 g/mol. The van der Waals surface area contributed by atoms with E-state index < -0.39 is 11.4 Å². The number of carbonyl (C=O) groups excluding carboxylic acids is 1. The number of hydrogen-bond acceptors (Lipinski definition) is 5. The average Bonchev–Trinajstić information content (AvgIpc) is 3.16. The topological polar surface area (TPSA) is 75.5 Å². The van der Waals surface area contributed by atoms with Gasteiger partial charge >= 0.3 is 6.09 Å². The summed E-state index contributed by atoms with van der Waals surface area (Å²) in [4.78, 5) is 18.5. The molecule has 1 atom stereocenters. The molecule has 1 unspecified atom stereocenters. The Morgan fingerprint density at radius 2 is 2.03 bits per heavy atom. The van der Waals surface area contributed by atoms with E-state index in [0.29, 0.717) is 30.3 Å². The Labute approximate surface area is 181 Å². The lowest BCUT2D eigenvalue weighted by atomic mass is 9.89. The molecule has 0 N–H and O–H groups in total. The SMILES string of the molecule is CC(C)(C)OC(=O)N1CCC(C2Cc3cc(-c4ccc(C#N)c(F)c4)ncc3O2)CC1. The van der Waals surface area contributed by atoms with Crippen LogP contribution in [-0.2, 0) is 11.2 Å². The van der Waals surface area contributed by atoms with Crippen molar-refractivity contribution in [3.05, 3.63) is 47.4 Å². The number of amides is 1. The Hall–Kier alpha value is -3.14. The zero-order valence-corrected chi connectivity index (χ0v) is 18.0. The second-order valence-electron chi connectivity index (χ2n) is 9.15. The van der Waals surface area contributed by atoms with Gasteiger partial charge in [0, 0.05) is 30.6 Å². The number of ether oxygens (including phenoxy) is 2. The largest absolute Gasteiger partial charge is 0.488 e. The molecule has 1 fully saturated rings. The summed E-state index contributed by atoms with van der Waals surface area (Å²) in [5.74, 6) is 0.563. The molecule has 1 aromatic heterocycles. The number of piperidine rings is 1. The second kappa shape index (κ2) is 8.18. The van der Waals surface area contributed by atoms with Gasteiger partial charge in [0.2, 0.25) is 0 Å². The molecule has 0 radical (unpaired) electrons. The van der Waals surface area contributed by atoms with Crippen LogP contribution in [0.25, 0.3) is 11.3 Å². The van der Waals surface area contributed by atoms with Crippen molar-refractivity contribution in [2.45, 2.75) is 51.7 Å². The van der Waals surface area contributed by atoms with Crippen molar-refractivity contribution >= 4 is 6.09 Å². The molecule has 4 rings (SSSR count). The number of halogens is 1. The minimum absolute atomic E-state index is 0.0195. The van der Waals surface area contributed by atoms with Gasteiger partial charge in [-0.3, -0.25) is 4.98 Å². The Morgan fingerprint density at radius 1 is 1.29 bits per heavy atom. The number of carbonyl (C=O) groups is 1. The van der Waals surface area contributed by atoms with Crippen molar-refractivity contribution in [3.8, 4) is 23.1 Å². The third kappa shape index (κ3) is 4.63.